The predicted octanol–water partition coefficient (Wildman–Crippen LogP) is 3.50. The molecule has 2 aliphatic heterocycles. The predicted molar refractivity (Wildman–Crippen MR) is 109 cm³/mol. The Morgan fingerprint density at radius 2 is 1.93 bits per heavy atom. The lowest BCUT2D eigenvalue weighted by molar-refractivity contribution is 0.197. The number of ether oxygens (including phenoxy) is 1. The molecule has 0 N–H and O–H groups in total. The lowest BCUT2D eigenvalue weighted by Gasteiger charge is -2.36. The minimum Gasteiger partial charge on any atom is -0.489 e. The molecule has 0 atom stereocenters. The van der Waals surface area contributed by atoms with E-state index in [2.05, 4.69) is 14.9 Å². The Morgan fingerprint density at radius 1 is 1.17 bits per heavy atom. The molecule has 0 unspecified atom stereocenters. The van der Waals surface area contributed by atoms with E-state index in [9.17, 15) is 9.18 Å². The number of fused-ring (bicyclic) bond motifs is 1. The Labute approximate surface area is 174 Å². The van der Waals surface area contributed by atoms with Crippen molar-refractivity contribution in [2.75, 3.05) is 49.1 Å². The molecule has 2 aliphatic rings. The Balaban J connectivity index is 1.42. The third kappa shape index (κ3) is 4.22. The minimum absolute atomic E-state index is 0.0146. The molecule has 7 nitrogen and oxygen atoms in total. The summed E-state index contributed by atoms with van der Waals surface area (Å²) in [5.41, 5.74) is 1.10. The van der Waals surface area contributed by atoms with Crippen molar-refractivity contribution in [1.82, 2.24) is 14.9 Å². The maximum atomic E-state index is 13.4. The molecule has 0 spiro atoms. The molecule has 0 saturated carbocycles. The van der Waals surface area contributed by atoms with Gasteiger partial charge in [-0.25, -0.2) is 19.2 Å². The van der Waals surface area contributed by atoms with Crippen molar-refractivity contribution in [2.24, 2.45) is 0 Å². The number of nitrogens with zero attached hydrogens (tertiary/aromatic N) is 5. The first-order valence-corrected chi connectivity index (χ1v) is 10.1. The highest BCUT2D eigenvalue weighted by molar-refractivity contribution is 6.30. The number of aryl methyl sites for hydroxylation is 1. The Morgan fingerprint density at radius 3 is 2.66 bits per heavy atom. The second-order valence-electron chi connectivity index (χ2n) is 7.18. The van der Waals surface area contributed by atoms with E-state index in [1.807, 2.05) is 11.0 Å². The zero-order valence-corrected chi connectivity index (χ0v) is 17.0. The highest BCUT2D eigenvalue weighted by atomic mass is 35.5. The van der Waals surface area contributed by atoms with Crippen LogP contribution in [0.1, 0.15) is 18.5 Å². The fourth-order valence-corrected chi connectivity index (χ4v) is 3.84. The zero-order valence-electron chi connectivity index (χ0n) is 16.3. The summed E-state index contributed by atoms with van der Waals surface area (Å²) in [5, 5.41) is 0.586. The highest BCUT2D eigenvalue weighted by Gasteiger charge is 2.28. The lowest BCUT2D eigenvalue weighted by atomic mass is 10.2. The Bertz CT molecular complexity index is 902. The van der Waals surface area contributed by atoms with Gasteiger partial charge < -0.3 is 14.5 Å². The largest absolute Gasteiger partial charge is 0.489 e. The molecule has 1 aromatic carbocycles. The second kappa shape index (κ2) is 8.41. The average Bonchev–Trinajstić information content (AvgIpc) is 2.69. The van der Waals surface area contributed by atoms with Crippen molar-refractivity contribution in [1.29, 1.82) is 0 Å². The van der Waals surface area contributed by atoms with Gasteiger partial charge in [-0.05, 0) is 31.9 Å². The van der Waals surface area contributed by atoms with Gasteiger partial charge in [0.25, 0.3) is 0 Å². The first-order valence-electron chi connectivity index (χ1n) is 9.76. The van der Waals surface area contributed by atoms with Crippen molar-refractivity contribution in [3.8, 4) is 5.75 Å². The monoisotopic (exact) mass is 419 g/mol. The van der Waals surface area contributed by atoms with Crippen LogP contribution >= 0.6 is 11.6 Å². The zero-order chi connectivity index (χ0) is 20.4. The Hall–Kier alpha value is -2.61. The molecule has 3 heterocycles. The number of aromatic nitrogens is 2. The molecule has 1 saturated heterocycles. The minimum atomic E-state index is -0.398. The van der Waals surface area contributed by atoms with Crippen LogP contribution in [0.3, 0.4) is 0 Å². The van der Waals surface area contributed by atoms with Gasteiger partial charge in [-0.3, -0.25) is 4.90 Å². The van der Waals surface area contributed by atoms with E-state index < -0.39 is 5.82 Å². The molecule has 1 fully saturated rings. The van der Waals surface area contributed by atoms with E-state index >= 15 is 0 Å². The number of carbonyl (C=O) groups excluding carboxylic acids is 1. The van der Waals surface area contributed by atoms with Crippen molar-refractivity contribution in [3.05, 3.63) is 40.9 Å². The summed E-state index contributed by atoms with van der Waals surface area (Å²) < 4.78 is 19.1. The first-order chi connectivity index (χ1) is 14.0. The van der Waals surface area contributed by atoms with Crippen LogP contribution in [0.15, 0.2) is 24.4 Å². The molecule has 1 aromatic heterocycles. The van der Waals surface area contributed by atoms with Crippen LogP contribution in [-0.4, -0.2) is 60.2 Å². The van der Waals surface area contributed by atoms with Crippen LogP contribution in [0, 0.1) is 12.7 Å². The number of anilines is 2. The lowest BCUT2D eigenvalue weighted by Crippen LogP contribution is -2.49. The van der Waals surface area contributed by atoms with Gasteiger partial charge in [-0.2, -0.15) is 0 Å². The summed E-state index contributed by atoms with van der Waals surface area (Å²) in [6, 6.07) is 5.33. The highest BCUT2D eigenvalue weighted by Crippen LogP contribution is 2.34. The molecule has 2 amide bonds. The number of halogens is 2. The summed E-state index contributed by atoms with van der Waals surface area (Å²) in [6.07, 6.45) is 2.78. The molecule has 4 rings (SSSR count). The number of hydrogen-bond acceptors (Lipinski definition) is 5. The molecule has 0 bridgehead atoms. The van der Waals surface area contributed by atoms with Gasteiger partial charge in [0.15, 0.2) is 5.82 Å². The SMILES string of the molecule is Cc1nc(N2CCCN(C(=O)N3CCOc4cc(Cl)ccc43)CCC2)ncc1F. The van der Waals surface area contributed by atoms with Gasteiger partial charge in [0.1, 0.15) is 12.4 Å². The van der Waals surface area contributed by atoms with Gasteiger partial charge in [-0.15, -0.1) is 0 Å². The smallest absolute Gasteiger partial charge is 0.324 e. The molecular formula is C20H23ClFN5O2. The second-order valence-corrected chi connectivity index (χ2v) is 7.62. The molecule has 0 aliphatic carbocycles. The van der Waals surface area contributed by atoms with Crippen LogP contribution in [0.5, 0.6) is 5.75 Å². The average molecular weight is 420 g/mol. The summed E-state index contributed by atoms with van der Waals surface area (Å²) in [6.45, 7) is 5.29. The van der Waals surface area contributed by atoms with E-state index in [1.165, 1.54) is 6.20 Å². The fourth-order valence-electron chi connectivity index (χ4n) is 3.68. The van der Waals surface area contributed by atoms with Crippen molar-refractivity contribution in [2.45, 2.75) is 19.8 Å². The van der Waals surface area contributed by atoms with Gasteiger partial charge >= 0.3 is 6.03 Å². The Kier molecular flexibility index (Phi) is 5.71. The number of urea groups is 1. The van der Waals surface area contributed by atoms with Crippen LogP contribution in [0.2, 0.25) is 5.02 Å². The summed E-state index contributed by atoms with van der Waals surface area (Å²) >= 11 is 6.05. The van der Waals surface area contributed by atoms with Crippen molar-refractivity contribution < 1.29 is 13.9 Å². The number of benzene rings is 1. The molecule has 154 valence electrons. The number of hydrogen-bond donors (Lipinski definition) is 0. The fraction of sp³-hybridized carbons (Fsp3) is 0.450. The van der Waals surface area contributed by atoms with Crippen molar-refractivity contribution >= 4 is 29.3 Å². The molecule has 9 heteroatoms. The standard InChI is InChI=1S/C20H23ClFN5O2/c1-14-16(22)13-23-19(24-14)25-6-2-8-26(9-3-7-25)20(28)27-10-11-29-18-12-15(21)4-5-17(18)27/h4-5,12-13H,2-3,6-11H2,1H3. The topological polar surface area (TPSA) is 61.8 Å². The normalized spacial score (nSPS) is 17.3. The van der Waals surface area contributed by atoms with E-state index in [0.717, 1.165) is 18.5 Å². The number of rotatable bonds is 1. The molecule has 2 aromatic rings. The van der Waals surface area contributed by atoms with Crippen molar-refractivity contribution in [3.63, 3.8) is 0 Å². The van der Waals surface area contributed by atoms with Gasteiger partial charge in [0, 0.05) is 37.3 Å². The number of amides is 2. The third-order valence-electron chi connectivity index (χ3n) is 5.19. The van der Waals surface area contributed by atoms with Crippen LogP contribution in [0.4, 0.5) is 20.8 Å². The van der Waals surface area contributed by atoms with Crippen LogP contribution in [-0.2, 0) is 0 Å². The maximum Gasteiger partial charge on any atom is 0.324 e. The van der Waals surface area contributed by atoms with Crippen LogP contribution < -0.4 is 14.5 Å². The third-order valence-corrected chi connectivity index (χ3v) is 5.42. The van der Waals surface area contributed by atoms with Crippen LogP contribution in [0.25, 0.3) is 0 Å². The molecular weight excluding hydrogens is 397 g/mol. The summed E-state index contributed by atoms with van der Waals surface area (Å²) in [7, 11) is 0. The summed E-state index contributed by atoms with van der Waals surface area (Å²) in [4.78, 5) is 27.3. The molecule has 0 radical (unpaired) electrons. The van der Waals surface area contributed by atoms with Gasteiger partial charge in [-0.1, -0.05) is 11.6 Å². The van der Waals surface area contributed by atoms with Gasteiger partial charge in [0.2, 0.25) is 5.95 Å². The quantitative estimate of drug-likeness (QED) is 0.708. The van der Waals surface area contributed by atoms with E-state index in [-0.39, 0.29) is 6.03 Å². The summed E-state index contributed by atoms with van der Waals surface area (Å²) in [5.74, 6) is 0.784. The van der Waals surface area contributed by atoms with E-state index in [1.54, 1.807) is 24.0 Å². The van der Waals surface area contributed by atoms with E-state index in [0.29, 0.717) is 61.7 Å². The molecule has 29 heavy (non-hydrogen) atoms. The number of carbonyl (C=O) groups is 1. The van der Waals surface area contributed by atoms with Gasteiger partial charge in [0.05, 0.1) is 24.1 Å². The maximum absolute atomic E-state index is 13.4. The van der Waals surface area contributed by atoms with E-state index in [4.69, 9.17) is 16.3 Å². The first kappa shape index (κ1) is 19.7.